The normalized spacial score (nSPS) is 16.7. The Morgan fingerprint density at radius 3 is 2.38 bits per heavy atom. The molecule has 37 heavy (non-hydrogen) atoms. The first-order valence-electron chi connectivity index (χ1n) is 11.9. The van der Waals surface area contributed by atoms with Crippen molar-refractivity contribution in [2.75, 3.05) is 26.9 Å². The number of amides is 1. The number of nitrogens with zero attached hydrogens (tertiary/aromatic N) is 1. The summed E-state index contributed by atoms with van der Waals surface area (Å²) in [5.41, 5.74) is 1.72. The fourth-order valence-electron chi connectivity index (χ4n) is 4.22. The van der Waals surface area contributed by atoms with Crippen molar-refractivity contribution in [1.29, 1.82) is 0 Å². The first-order valence-corrected chi connectivity index (χ1v) is 11.9. The van der Waals surface area contributed by atoms with Crippen molar-refractivity contribution in [3.63, 3.8) is 0 Å². The summed E-state index contributed by atoms with van der Waals surface area (Å²) in [5.74, 6) is -1.09. The van der Waals surface area contributed by atoms with Gasteiger partial charge in [-0.25, -0.2) is 4.39 Å². The van der Waals surface area contributed by atoms with Gasteiger partial charge in [0.05, 0.1) is 24.8 Å². The third-order valence-corrected chi connectivity index (χ3v) is 5.99. The maximum absolute atomic E-state index is 13.2. The molecule has 1 atom stereocenters. The van der Waals surface area contributed by atoms with E-state index in [2.05, 4.69) is 0 Å². The van der Waals surface area contributed by atoms with Gasteiger partial charge in [-0.3, -0.25) is 9.59 Å². The van der Waals surface area contributed by atoms with E-state index in [4.69, 9.17) is 14.2 Å². The molecule has 0 aliphatic carbocycles. The molecule has 0 radical (unpaired) electrons. The van der Waals surface area contributed by atoms with Crippen LogP contribution in [0.1, 0.15) is 29.7 Å². The lowest BCUT2D eigenvalue weighted by Gasteiger charge is -2.25. The number of carbonyl (C=O) groups excluding carboxylic acids is 2. The molecule has 1 aliphatic rings. The minimum Gasteiger partial charge on any atom is -0.507 e. The third-order valence-electron chi connectivity index (χ3n) is 5.99. The summed E-state index contributed by atoms with van der Waals surface area (Å²) in [5, 5.41) is 11.3. The Labute approximate surface area is 214 Å². The number of Topliss-reactive ketones (excluding diaryl/α,β-unsaturated/α-hetero) is 1. The molecule has 8 heteroatoms. The number of likely N-dealkylation sites (tertiary alicyclic amines) is 1. The second kappa shape index (κ2) is 11.7. The Bertz CT molecular complexity index is 1300. The Hall–Kier alpha value is -4.17. The van der Waals surface area contributed by atoms with E-state index in [-0.39, 0.29) is 36.9 Å². The molecule has 1 aliphatic heterocycles. The van der Waals surface area contributed by atoms with Crippen LogP contribution in [0.25, 0.3) is 5.76 Å². The fraction of sp³-hybridized carbons (Fsp3) is 0.241. The zero-order valence-corrected chi connectivity index (χ0v) is 20.6. The van der Waals surface area contributed by atoms with Gasteiger partial charge in [0, 0.05) is 19.2 Å². The number of carbonyl (C=O) groups is 2. The maximum atomic E-state index is 13.2. The smallest absolute Gasteiger partial charge is 0.295 e. The first kappa shape index (κ1) is 25.9. The van der Waals surface area contributed by atoms with Gasteiger partial charge >= 0.3 is 0 Å². The van der Waals surface area contributed by atoms with E-state index < -0.39 is 17.7 Å². The quantitative estimate of drug-likeness (QED) is 0.240. The van der Waals surface area contributed by atoms with Crippen molar-refractivity contribution >= 4 is 17.4 Å². The summed E-state index contributed by atoms with van der Waals surface area (Å²) in [6.45, 7) is 2.86. The molecular weight excluding hydrogens is 477 g/mol. The fourth-order valence-corrected chi connectivity index (χ4v) is 4.22. The van der Waals surface area contributed by atoms with Gasteiger partial charge < -0.3 is 24.2 Å². The molecule has 1 amide bonds. The minimum atomic E-state index is -0.847. The molecule has 1 N–H and O–H groups in total. The monoisotopic (exact) mass is 505 g/mol. The molecule has 0 spiro atoms. The third kappa shape index (κ3) is 5.81. The number of ketones is 1. The van der Waals surface area contributed by atoms with Crippen LogP contribution in [-0.2, 0) is 20.9 Å². The lowest BCUT2D eigenvalue weighted by Crippen LogP contribution is -2.32. The molecule has 192 valence electrons. The summed E-state index contributed by atoms with van der Waals surface area (Å²) >= 11 is 0. The van der Waals surface area contributed by atoms with Crippen molar-refractivity contribution in [3.8, 4) is 11.5 Å². The molecule has 4 rings (SSSR count). The van der Waals surface area contributed by atoms with Gasteiger partial charge in [0.25, 0.3) is 11.7 Å². The number of aliphatic hydroxyl groups is 1. The van der Waals surface area contributed by atoms with Gasteiger partial charge in [0.15, 0.2) is 0 Å². The van der Waals surface area contributed by atoms with E-state index >= 15 is 0 Å². The lowest BCUT2D eigenvalue weighted by molar-refractivity contribution is -0.140. The topological polar surface area (TPSA) is 85.3 Å². The van der Waals surface area contributed by atoms with E-state index in [1.165, 1.54) is 24.1 Å². The number of halogens is 1. The molecule has 1 unspecified atom stereocenters. The predicted molar refractivity (Wildman–Crippen MR) is 136 cm³/mol. The Morgan fingerprint density at radius 2 is 1.68 bits per heavy atom. The molecule has 0 saturated carbocycles. The standard InChI is InChI=1S/C29H28FNO6/c1-3-36-23-8-5-7-21(17-23)27(32)25-26(31(14-15-35-2)29(34)28(25)33)20-6-4-9-24(16-20)37-18-19-10-12-22(30)13-11-19/h4-13,16-17,26,32H,3,14-15,18H2,1-2H3/b27-25-. The largest absolute Gasteiger partial charge is 0.507 e. The highest BCUT2D eigenvalue weighted by atomic mass is 19.1. The van der Waals surface area contributed by atoms with E-state index in [0.29, 0.717) is 29.2 Å². The van der Waals surface area contributed by atoms with Crippen LogP contribution in [0.4, 0.5) is 4.39 Å². The number of methoxy groups -OCH3 is 1. The molecule has 3 aromatic rings. The van der Waals surface area contributed by atoms with Gasteiger partial charge in [0.1, 0.15) is 29.7 Å². The summed E-state index contributed by atoms with van der Waals surface area (Å²) in [6, 6.07) is 18.9. The van der Waals surface area contributed by atoms with Crippen molar-refractivity contribution in [3.05, 3.63) is 101 Å². The number of aliphatic hydroxyl groups excluding tert-OH is 1. The molecule has 3 aromatic carbocycles. The Kier molecular flexibility index (Phi) is 8.20. The zero-order valence-electron chi connectivity index (χ0n) is 20.6. The average molecular weight is 506 g/mol. The van der Waals surface area contributed by atoms with Crippen LogP contribution in [-0.4, -0.2) is 48.6 Å². The average Bonchev–Trinajstić information content (AvgIpc) is 3.16. The Balaban J connectivity index is 1.72. The van der Waals surface area contributed by atoms with E-state index in [1.807, 2.05) is 6.92 Å². The highest BCUT2D eigenvalue weighted by molar-refractivity contribution is 6.46. The second-order valence-corrected chi connectivity index (χ2v) is 8.43. The van der Waals surface area contributed by atoms with Crippen molar-refractivity contribution in [1.82, 2.24) is 4.90 Å². The van der Waals surface area contributed by atoms with E-state index in [0.717, 1.165) is 5.56 Å². The van der Waals surface area contributed by atoms with Crippen molar-refractivity contribution in [2.45, 2.75) is 19.6 Å². The van der Waals surface area contributed by atoms with Crippen LogP contribution in [0, 0.1) is 5.82 Å². The van der Waals surface area contributed by atoms with E-state index in [9.17, 15) is 19.1 Å². The second-order valence-electron chi connectivity index (χ2n) is 8.43. The van der Waals surface area contributed by atoms with Crippen molar-refractivity contribution < 1.29 is 33.3 Å². The number of hydrogen-bond acceptors (Lipinski definition) is 6. The lowest BCUT2D eigenvalue weighted by atomic mass is 9.95. The maximum Gasteiger partial charge on any atom is 0.295 e. The SMILES string of the molecule is CCOc1cccc(/C(O)=C2/C(=O)C(=O)N(CCOC)C2c2cccc(OCc3ccc(F)cc3)c2)c1. The highest BCUT2D eigenvalue weighted by Gasteiger charge is 2.46. The number of rotatable bonds is 10. The van der Waals surface area contributed by atoms with Gasteiger partial charge in [-0.2, -0.15) is 0 Å². The molecular formula is C29H28FNO6. The van der Waals surface area contributed by atoms with Crippen LogP contribution in [0.3, 0.4) is 0 Å². The molecule has 1 heterocycles. The van der Waals surface area contributed by atoms with Crippen LogP contribution >= 0.6 is 0 Å². The van der Waals surface area contributed by atoms with Crippen LogP contribution in [0.2, 0.25) is 0 Å². The van der Waals surface area contributed by atoms with Crippen LogP contribution in [0.15, 0.2) is 78.4 Å². The predicted octanol–water partition coefficient (Wildman–Crippen LogP) is 4.87. The van der Waals surface area contributed by atoms with E-state index in [1.54, 1.807) is 60.7 Å². The summed E-state index contributed by atoms with van der Waals surface area (Å²) in [4.78, 5) is 27.6. The molecule has 0 bridgehead atoms. The molecule has 0 aromatic heterocycles. The highest BCUT2D eigenvalue weighted by Crippen LogP contribution is 2.40. The summed E-state index contributed by atoms with van der Waals surface area (Å²) < 4.78 is 29.8. The number of ether oxygens (including phenoxy) is 3. The van der Waals surface area contributed by atoms with Gasteiger partial charge in [-0.15, -0.1) is 0 Å². The Morgan fingerprint density at radius 1 is 0.973 bits per heavy atom. The number of hydrogen-bond donors (Lipinski definition) is 1. The van der Waals surface area contributed by atoms with Gasteiger partial charge in [-0.05, 0) is 54.4 Å². The first-order chi connectivity index (χ1) is 17.9. The summed E-state index contributed by atoms with van der Waals surface area (Å²) in [6.07, 6.45) is 0. The molecule has 1 fully saturated rings. The zero-order chi connectivity index (χ0) is 26.4. The van der Waals surface area contributed by atoms with Crippen molar-refractivity contribution in [2.24, 2.45) is 0 Å². The summed E-state index contributed by atoms with van der Waals surface area (Å²) in [7, 11) is 1.51. The molecule has 7 nitrogen and oxygen atoms in total. The number of benzene rings is 3. The van der Waals surface area contributed by atoms with Gasteiger partial charge in [0.2, 0.25) is 0 Å². The molecule has 1 saturated heterocycles. The van der Waals surface area contributed by atoms with Crippen LogP contribution < -0.4 is 9.47 Å². The van der Waals surface area contributed by atoms with Gasteiger partial charge in [-0.1, -0.05) is 36.4 Å². The minimum absolute atomic E-state index is 0.0227. The van der Waals surface area contributed by atoms with Crippen LogP contribution in [0.5, 0.6) is 11.5 Å².